The molecule has 0 aliphatic carbocycles. The second-order valence-electron chi connectivity index (χ2n) is 4.56. The van der Waals surface area contributed by atoms with Gasteiger partial charge in [-0.2, -0.15) is 0 Å². The van der Waals surface area contributed by atoms with E-state index in [4.69, 9.17) is 19.3 Å². The first kappa shape index (κ1) is 14.9. The molecular formula is C13H26O4. The smallest absolute Gasteiger partial charge is 0.104 e. The number of hydrogen-bond donors (Lipinski definition) is 1. The van der Waals surface area contributed by atoms with Crippen LogP contribution in [0.5, 0.6) is 0 Å². The highest BCUT2D eigenvalue weighted by Gasteiger charge is 2.24. The van der Waals surface area contributed by atoms with Crippen molar-refractivity contribution < 1.29 is 19.3 Å². The maximum Gasteiger partial charge on any atom is 0.104 e. The van der Waals surface area contributed by atoms with Gasteiger partial charge in [0, 0.05) is 0 Å². The Morgan fingerprint density at radius 2 is 2.18 bits per heavy atom. The summed E-state index contributed by atoms with van der Waals surface area (Å²) in [5.74, 6) is 0. The minimum Gasteiger partial charge on any atom is -0.394 e. The number of rotatable bonds is 12. The molecule has 0 radical (unpaired) electrons. The molecule has 1 aliphatic heterocycles. The Labute approximate surface area is 104 Å². The Balaban J connectivity index is 2.05. The molecule has 0 amide bonds. The Kier molecular flexibility index (Phi) is 8.61. The predicted octanol–water partition coefficient (Wildman–Crippen LogP) is 1.75. The molecule has 0 aromatic rings. The van der Waals surface area contributed by atoms with Gasteiger partial charge in [-0.15, -0.1) is 0 Å². The molecule has 0 spiro atoms. The van der Waals surface area contributed by atoms with E-state index in [2.05, 4.69) is 6.92 Å². The van der Waals surface area contributed by atoms with Crippen molar-refractivity contribution in [3.8, 4) is 0 Å². The number of aliphatic hydroxyl groups excluding tert-OH is 1. The van der Waals surface area contributed by atoms with Crippen molar-refractivity contribution in [2.75, 3.05) is 33.0 Å². The highest BCUT2D eigenvalue weighted by atomic mass is 16.6. The van der Waals surface area contributed by atoms with E-state index < -0.39 is 0 Å². The largest absolute Gasteiger partial charge is 0.394 e. The van der Waals surface area contributed by atoms with Crippen molar-refractivity contribution >= 4 is 0 Å². The summed E-state index contributed by atoms with van der Waals surface area (Å²) in [7, 11) is 0. The molecule has 1 fully saturated rings. The summed E-state index contributed by atoms with van der Waals surface area (Å²) < 4.78 is 16.2. The molecule has 0 saturated carbocycles. The Morgan fingerprint density at radius 1 is 1.35 bits per heavy atom. The van der Waals surface area contributed by atoms with Crippen molar-refractivity contribution in [2.24, 2.45) is 0 Å². The van der Waals surface area contributed by atoms with Crippen LogP contribution < -0.4 is 0 Å². The third-order valence-electron chi connectivity index (χ3n) is 2.84. The molecule has 1 saturated heterocycles. The number of ether oxygens (including phenoxy) is 3. The zero-order valence-electron chi connectivity index (χ0n) is 10.9. The second kappa shape index (κ2) is 9.83. The third kappa shape index (κ3) is 8.55. The van der Waals surface area contributed by atoms with Crippen LogP contribution in [0.4, 0.5) is 0 Å². The maximum atomic E-state index is 8.67. The first-order valence-electron chi connectivity index (χ1n) is 6.78. The molecule has 1 heterocycles. The quantitative estimate of drug-likeness (QED) is 0.421. The lowest BCUT2D eigenvalue weighted by molar-refractivity contribution is -0.0323. The van der Waals surface area contributed by atoms with Crippen LogP contribution in [0.1, 0.15) is 39.0 Å². The summed E-state index contributed by atoms with van der Waals surface area (Å²) in [6, 6.07) is 0. The molecule has 1 N–H and O–H groups in total. The predicted molar refractivity (Wildman–Crippen MR) is 66.1 cm³/mol. The van der Waals surface area contributed by atoms with Gasteiger partial charge in [0.05, 0.1) is 39.1 Å². The summed E-state index contributed by atoms with van der Waals surface area (Å²) in [4.78, 5) is 0. The minimum atomic E-state index is 0.0777. The van der Waals surface area contributed by atoms with Gasteiger partial charge in [0.25, 0.3) is 0 Å². The fourth-order valence-corrected chi connectivity index (χ4v) is 1.70. The van der Waals surface area contributed by atoms with E-state index in [0.29, 0.717) is 25.9 Å². The standard InChI is InChI=1S/C13H26O4/c1-2-3-4-5-6-12(9-15-8-7-14)16-10-13-11-17-13/h12-14H,2-11H2,1H3. The highest BCUT2D eigenvalue weighted by Crippen LogP contribution is 2.13. The van der Waals surface area contributed by atoms with Gasteiger partial charge in [-0.1, -0.05) is 32.6 Å². The van der Waals surface area contributed by atoms with Gasteiger partial charge in [0.2, 0.25) is 0 Å². The molecule has 1 aliphatic rings. The van der Waals surface area contributed by atoms with Crippen LogP contribution in [-0.4, -0.2) is 50.3 Å². The van der Waals surface area contributed by atoms with Gasteiger partial charge in [-0.25, -0.2) is 0 Å². The summed E-state index contributed by atoms with van der Waals surface area (Å²) in [5, 5.41) is 8.67. The molecule has 0 aromatic carbocycles. The summed E-state index contributed by atoms with van der Waals surface area (Å²) in [5.41, 5.74) is 0. The van der Waals surface area contributed by atoms with Crippen LogP contribution in [0.15, 0.2) is 0 Å². The zero-order chi connectivity index (χ0) is 12.3. The molecule has 1 rings (SSSR count). The number of epoxide rings is 1. The fraction of sp³-hybridized carbons (Fsp3) is 1.00. The molecular weight excluding hydrogens is 220 g/mol. The van der Waals surface area contributed by atoms with Crippen molar-refractivity contribution in [1.29, 1.82) is 0 Å². The van der Waals surface area contributed by atoms with E-state index in [1.54, 1.807) is 0 Å². The lowest BCUT2D eigenvalue weighted by atomic mass is 10.1. The fourth-order valence-electron chi connectivity index (χ4n) is 1.70. The Bertz CT molecular complexity index is 171. The van der Waals surface area contributed by atoms with Crippen LogP contribution >= 0.6 is 0 Å². The monoisotopic (exact) mass is 246 g/mol. The molecule has 4 heteroatoms. The van der Waals surface area contributed by atoms with E-state index in [0.717, 1.165) is 13.0 Å². The van der Waals surface area contributed by atoms with Crippen molar-refractivity contribution in [1.82, 2.24) is 0 Å². The van der Waals surface area contributed by atoms with Gasteiger partial charge in [0.1, 0.15) is 6.10 Å². The molecule has 0 aromatic heterocycles. The second-order valence-corrected chi connectivity index (χ2v) is 4.56. The lowest BCUT2D eigenvalue weighted by Gasteiger charge is -2.17. The Morgan fingerprint density at radius 3 is 2.82 bits per heavy atom. The average molecular weight is 246 g/mol. The van der Waals surface area contributed by atoms with Gasteiger partial charge < -0.3 is 19.3 Å². The topological polar surface area (TPSA) is 51.2 Å². The van der Waals surface area contributed by atoms with Gasteiger partial charge in [-0.3, -0.25) is 0 Å². The summed E-state index contributed by atoms with van der Waals surface area (Å²) in [6.45, 7) is 4.78. The van der Waals surface area contributed by atoms with Crippen LogP contribution in [0.3, 0.4) is 0 Å². The third-order valence-corrected chi connectivity index (χ3v) is 2.84. The van der Waals surface area contributed by atoms with Crippen LogP contribution in [0.25, 0.3) is 0 Å². The van der Waals surface area contributed by atoms with Crippen LogP contribution in [0.2, 0.25) is 0 Å². The van der Waals surface area contributed by atoms with E-state index in [9.17, 15) is 0 Å². The molecule has 0 bridgehead atoms. The number of hydrogen-bond acceptors (Lipinski definition) is 4. The Hall–Kier alpha value is -0.160. The van der Waals surface area contributed by atoms with E-state index >= 15 is 0 Å². The maximum absolute atomic E-state index is 8.67. The van der Waals surface area contributed by atoms with Crippen molar-refractivity contribution in [3.63, 3.8) is 0 Å². The zero-order valence-corrected chi connectivity index (χ0v) is 10.9. The van der Waals surface area contributed by atoms with Crippen molar-refractivity contribution in [2.45, 2.75) is 51.2 Å². The highest BCUT2D eigenvalue weighted by molar-refractivity contribution is 4.69. The SMILES string of the molecule is CCCCCCC(COCCO)OCC1CO1. The normalized spacial score (nSPS) is 20.5. The van der Waals surface area contributed by atoms with Crippen LogP contribution in [-0.2, 0) is 14.2 Å². The van der Waals surface area contributed by atoms with Gasteiger partial charge in [0.15, 0.2) is 0 Å². The van der Waals surface area contributed by atoms with Crippen molar-refractivity contribution in [3.05, 3.63) is 0 Å². The average Bonchev–Trinajstić information content (AvgIpc) is 3.15. The number of aliphatic hydroxyl groups is 1. The first-order valence-corrected chi connectivity index (χ1v) is 6.78. The molecule has 2 unspecified atom stereocenters. The molecule has 4 nitrogen and oxygen atoms in total. The minimum absolute atomic E-state index is 0.0777. The van der Waals surface area contributed by atoms with E-state index in [-0.39, 0.29) is 12.7 Å². The summed E-state index contributed by atoms with van der Waals surface area (Å²) >= 11 is 0. The first-order chi connectivity index (χ1) is 8.36. The molecule has 102 valence electrons. The molecule has 2 atom stereocenters. The summed E-state index contributed by atoms with van der Waals surface area (Å²) in [6.07, 6.45) is 6.49. The van der Waals surface area contributed by atoms with Gasteiger partial charge >= 0.3 is 0 Å². The van der Waals surface area contributed by atoms with Crippen LogP contribution in [0, 0.1) is 0 Å². The van der Waals surface area contributed by atoms with Gasteiger partial charge in [-0.05, 0) is 6.42 Å². The number of unbranched alkanes of at least 4 members (excludes halogenated alkanes) is 3. The van der Waals surface area contributed by atoms with E-state index in [1.165, 1.54) is 25.7 Å². The lowest BCUT2D eigenvalue weighted by Crippen LogP contribution is -2.23. The van der Waals surface area contributed by atoms with E-state index in [1.807, 2.05) is 0 Å². The molecule has 17 heavy (non-hydrogen) atoms.